The molecular formula is C11H14BrN3O2S2. The molecule has 0 aromatic heterocycles. The molecule has 1 aliphatic rings. The maximum absolute atomic E-state index is 12.2. The van der Waals surface area contributed by atoms with Crippen LogP contribution in [0.15, 0.2) is 31.8 Å². The molecule has 19 heavy (non-hydrogen) atoms. The largest absolute Gasteiger partial charge is 0.242 e. The van der Waals surface area contributed by atoms with Crippen molar-refractivity contribution in [3.63, 3.8) is 0 Å². The zero-order valence-corrected chi connectivity index (χ0v) is 13.6. The molecule has 5 nitrogen and oxygen atoms in total. The van der Waals surface area contributed by atoms with Crippen LogP contribution in [0.3, 0.4) is 0 Å². The summed E-state index contributed by atoms with van der Waals surface area (Å²) in [6.45, 7) is 2.46. The first-order valence-electron chi connectivity index (χ1n) is 5.86. The standard InChI is InChI=1S/C11H14BrN3O2S2/c1-8(12)4-3-7-13-19(16,17)10-6-2-5-9-11(10)15-18-14-9/h2,5-6,8,13H,3-4,7H2,1H3. The van der Waals surface area contributed by atoms with Gasteiger partial charge in [-0.05, 0) is 25.0 Å². The monoisotopic (exact) mass is 363 g/mol. The molecule has 104 valence electrons. The lowest BCUT2D eigenvalue weighted by molar-refractivity contribution is 0.577. The van der Waals surface area contributed by atoms with Gasteiger partial charge in [0.15, 0.2) is 0 Å². The Morgan fingerprint density at radius 2 is 2.21 bits per heavy atom. The van der Waals surface area contributed by atoms with E-state index in [1.807, 2.05) is 6.92 Å². The van der Waals surface area contributed by atoms with Gasteiger partial charge in [-0.1, -0.05) is 28.9 Å². The van der Waals surface area contributed by atoms with Crippen molar-refractivity contribution in [2.24, 2.45) is 8.73 Å². The van der Waals surface area contributed by atoms with Gasteiger partial charge < -0.3 is 0 Å². The fourth-order valence-corrected chi connectivity index (χ4v) is 3.83. The predicted molar refractivity (Wildman–Crippen MR) is 80.8 cm³/mol. The number of nitrogens with zero attached hydrogens (tertiary/aromatic N) is 2. The summed E-state index contributed by atoms with van der Waals surface area (Å²) in [5.41, 5.74) is 1.05. The van der Waals surface area contributed by atoms with Gasteiger partial charge in [0.25, 0.3) is 0 Å². The van der Waals surface area contributed by atoms with E-state index in [0.717, 1.165) is 24.2 Å². The van der Waals surface area contributed by atoms with Crippen LogP contribution >= 0.6 is 15.9 Å². The summed E-state index contributed by atoms with van der Waals surface area (Å²) < 4.78 is 35.1. The molecule has 8 heteroatoms. The van der Waals surface area contributed by atoms with E-state index in [-0.39, 0.29) is 4.90 Å². The second kappa shape index (κ2) is 6.25. The SMILES string of the molecule is CC(Br)CCCNS(=O)(=O)c1cccc2c1N=S=N2. The van der Waals surface area contributed by atoms with Crippen LogP contribution in [0.1, 0.15) is 19.8 Å². The predicted octanol–water partition coefficient (Wildman–Crippen LogP) is 3.25. The highest BCUT2D eigenvalue weighted by Gasteiger charge is 2.21. The molecule has 0 aliphatic carbocycles. The molecule has 0 saturated heterocycles. The molecule has 0 bridgehead atoms. The Labute approximate surface area is 124 Å². The lowest BCUT2D eigenvalue weighted by atomic mass is 10.2. The third kappa shape index (κ3) is 3.71. The number of alkyl halides is 1. The van der Waals surface area contributed by atoms with E-state index in [0.29, 0.717) is 22.7 Å². The van der Waals surface area contributed by atoms with Crippen LogP contribution in [-0.2, 0) is 21.4 Å². The molecule has 1 aromatic carbocycles. The summed E-state index contributed by atoms with van der Waals surface area (Å²) in [7, 11) is -3.52. The van der Waals surface area contributed by atoms with Crippen molar-refractivity contribution >= 4 is 48.7 Å². The van der Waals surface area contributed by atoms with Gasteiger partial charge in [-0.25, -0.2) is 13.1 Å². The Hall–Kier alpha value is -0.570. The van der Waals surface area contributed by atoms with Gasteiger partial charge in [-0.3, -0.25) is 0 Å². The number of benzene rings is 1. The van der Waals surface area contributed by atoms with Crippen LogP contribution in [0.5, 0.6) is 0 Å². The number of nitrogens with one attached hydrogen (secondary N) is 1. The van der Waals surface area contributed by atoms with E-state index < -0.39 is 10.0 Å². The number of fused-ring (bicyclic) bond motifs is 1. The molecule has 1 aliphatic heterocycles. The number of rotatable bonds is 6. The fourth-order valence-electron chi connectivity index (χ4n) is 1.67. The van der Waals surface area contributed by atoms with Crippen LogP contribution in [-0.4, -0.2) is 19.8 Å². The smallest absolute Gasteiger partial charge is 0.211 e. The Balaban J connectivity index is 2.09. The summed E-state index contributed by atoms with van der Waals surface area (Å²) in [5.74, 6) is 0. The minimum atomic E-state index is -3.52. The molecule has 1 unspecified atom stereocenters. The summed E-state index contributed by atoms with van der Waals surface area (Å²) in [4.78, 5) is 0.591. The molecule has 1 N–H and O–H groups in total. The van der Waals surface area contributed by atoms with E-state index in [2.05, 4.69) is 29.4 Å². The van der Waals surface area contributed by atoms with Crippen molar-refractivity contribution in [2.75, 3.05) is 6.54 Å². The molecule has 0 saturated carbocycles. The molecular weight excluding hydrogens is 350 g/mol. The Bertz CT molecular complexity index is 637. The summed E-state index contributed by atoms with van der Waals surface area (Å²) in [6.07, 6.45) is 1.71. The normalized spacial score (nSPS) is 15.1. The second-order valence-corrected chi connectivity index (χ2v) is 8.04. The van der Waals surface area contributed by atoms with E-state index in [4.69, 9.17) is 0 Å². The Morgan fingerprint density at radius 1 is 1.42 bits per heavy atom. The van der Waals surface area contributed by atoms with Crippen LogP contribution in [0.2, 0.25) is 0 Å². The Kier molecular flexibility index (Phi) is 4.88. The van der Waals surface area contributed by atoms with Crippen molar-refractivity contribution in [2.45, 2.75) is 29.5 Å². The second-order valence-electron chi connectivity index (χ2n) is 4.21. The average Bonchev–Trinajstić information content (AvgIpc) is 2.82. The topological polar surface area (TPSA) is 70.9 Å². The molecule has 1 heterocycles. The van der Waals surface area contributed by atoms with Crippen molar-refractivity contribution in [3.8, 4) is 0 Å². The summed E-state index contributed by atoms with van der Waals surface area (Å²) in [5, 5.41) is 0. The minimum absolute atomic E-state index is 0.200. The molecule has 1 aromatic rings. The third-order valence-corrected chi connectivity index (χ3v) is 5.10. The van der Waals surface area contributed by atoms with Crippen molar-refractivity contribution in [1.82, 2.24) is 4.72 Å². The van der Waals surface area contributed by atoms with E-state index in [1.54, 1.807) is 18.2 Å². The molecule has 0 amide bonds. The minimum Gasteiger partial charge on any atom is -0.211 e. The Morgan fingerprint density at radius 3 is 2.95 bits per heavy atom. The first-order chi connectivity index (χ1) is 9.00. The lowest BCUT2D eigenvalue weighted by Crippen LogP contribution is -2.25. The van der Waals surface area contributed by atoms with Crippen LogP contribution in [0, 0.1) is 0 Å². The van der Waals surface area contributed by atoms with Crippen LogP contribution in [0.25, 0.3) is 0 Å². The molecule has 0 radical (unpaired) electrons. The van der Waals surface area contributed by atoms with Gasteiger partial charge in [0.2, 0.25) is 10.0 Å². The quantitative estimate of drug-likeness (QED) is 0.631. The third-order valence-electron chi connectivity index (χ3n) is 2.61. The molecule has 0 spiro atoms. The number of hydrogen-bond acceptors (Lipinski definition) is 4. The van der Waals surface area contributed by atoms with Crippen molar-refractivity contribution in [3.05, 3.63) is 18.2 Å². The highest BCUT2D eigenvalue weighted by molar-refractivity contribution is 9.09. The first-order valence-corrected chi connectivity index (χ1v) is 8.98. The fraction of sp³-hybridized carbons (Fsp3) is 0.455. The van der Waals surface area contributed by atoms with Crippen molar-refractivity contribution < 1.29 is 8.42 Å². The highest BCUT2D eigenvalue weighted by atomic mass is 79.9. The summed E-state index contributed by atoms with van der Waals surface area (Å²) >= 11 is 4.45. The van der Waals surface area contributed by atoms with Gasteiger partial charge >= 0.3 is 0 Å². The van der Waals surface area contributed by atoms with E-state index in [9.17, 15) is 8.42 Å². The maximum Gasteiger partial charge on any atom is 0.242 e. The number of halogens is 1. The summed E-state index contributed by atoms with van der Waals surface area (Å²) in [6, 6.07) is 4.99. The average molecular weight is 364 g/mol. The van der Waals surface area contributed by atoms with Gasteiger partial charge in [0.05, 0.1) is 11.4 Å². The van der Waals surface area contributed by atoms with Crippen LogP contribution in [0.4, 0.5) is 11.4 Å². The number of hydrogen-bond donors (Lipinski definition) is 1. The van der Waals surface area contributed by atoms with E-state index >= 15 is 0 Å². The van der Waals surface area contributed by atoms with Gasteiger partial charge in [-0.2, -0.15) is 8.73 Å². The van der Waals surface area contributed by atoms with Gasteiger partial charge in [-0.15, -0.1) is 0 Å². The maximum atomic E-state index is 12.2. The zero-order valence-electron chi connectivity index (χ0n) is 10.3. The van der Waals surface area contributed by atoms with Crippen LogP contribution < -0.4 is 4.72 Å². The van der Waals surface area contributed by atoms with Crippen molar-refractivity contribution in [1.29, 1.82) is 0 Å². The first kappa shape index (κ1) is 14.8. The van der Waals surface area contributed by atoms with Gasteiger partial charge in [0.1, 0.15) is 16.3 Å². The zero-order chi connectivity index (χ0) is 13.9. The van der Waals surface area contributed by atoms with Gasteiger partial charge in [0, 0.05) is 11.4 Å². The molecule has 0 fully saturated rings. The molecule has 1 atom stereocenters. The number of sulfonamides is 1. The molecule has 2 rings (SSSR count). The van der Waals surface area contributed by atoms with E-state index in [1.165, 1.54) is 0 Å². The highest BCUT2D eigenvalue weighted by Crippen LogP contribution is 2.37. The lowest BCUT2D eigenvalue weighted by Gasteiger charge is -2.09.